The van der Waals surface area contributed by atoms with E-state index in [-0.39, 0.29) is 11.7 Å². The van der Waals surface area contributed by atoms with Crippen molar-refractivity contribution in [1.82, 2.24) is 0 Å². The zero-order valence-electron chi connectivity index (χ0n) is 9.10. The molecule has 0 heterocycles. The van der Waals surface area contributed by atoms with Gasteiger partial charge in [-0.25, -0.2) is 0 Å². The van der Waals surface area contributed by atoms with E-state index in [1.54, 1.807) is 0 Å². The molecule has 0 rings (SSSR count). The summed E-state index contributed by atoms with van der Waals surface area (Å²) in [5, 5.41) is 0. The second kappa shape index (κ2) is 7.60. The van der Waals surface area contributed by atoms with Crippen LogP contribution in [0.3, 0.4) is 0 Å². The second-order valence-corrected chi connectivity index (χ2v) is 15.3. The van der Waals surface area contributed by atoms with Gasteiger partial charge in [0.15, 0.2) is 0 Å². The molecule has 1 atom stereocenters. The van der Waals surface area contributed by atoms with Crippen LogP contribution in [-0.4, -0.2) is 11.7 Å². The minimum atomic E-state index is -0.638. The van der Waals surface area contributed by atoms with E-state index in [4.69, 9.17) is 9.78 Å². The van der Waals surface area contributed by atoms with Gasteiger partial charge in [-0.2, -0.15) is 0 Å². The van der Waals surface area contributed by atoms with Crippen molar-refractivity contribution in [2.24, 2.45) is 0 Å². The molecule has 4 heteroatoms. The SMILES string of the molecule is CCC(C[CH2][Hg][Br])OOC(C)(C)C. The van der Waals surface area contributed by atoms with Crippen molar-refractivity contribution >= 4 is 11.9 Å². The number of hydrogen-bond acceptors (Lipinski definition) is 2. The first-order chi connectivity index (χ1) is 5.99. The molecule has 0 N–H and O–H groups in total. The van der Waals surface area contributed by atoms with Crippen LogP contribution in [0, 0.1) is 0 Å². The van der Waals surface area contributed by atoms with Crippen molar-refractivity contribution in [3.8, 4) is 0 Å². The molecule has 0 saturated heterocycles. The molecule has 76 valence electrons. The quantitative estimate of drug-likeness (QED) is 0.357. The van der Waals surface area contributed by atoms with Crippen LogP contribution in [0.1, 0.15) is 40.5 Å². The van der Waals surface area contributed by atoms with Gasteiger partial charge in [0.1, 0.15) is 0 Å². The van der Waals surface area contributed by atoms with Gasteiger partial charge in [-0.15, -0.1) is 0 Å². The zero-order chi connectivity index (χ0) is 10.3. The Hall–Kier alpha value is 1.34. The third kappa shape index (κ3) is 9.64. The molecular weight excluding hydrogens is 421 g/mol. The van der Waals surface area contributed by atoms with Gasteiger partial charge in [0.2, 0.25) is 0 Å². The topological polar surface area (TPSA) is 18.5 Å². The third-order valence-corrected chi connectivity index (χ3v) is 9.10. The van der Waals surface area contributed by atoms with Crippen molar-refractivity contribution in [3.63, 3.8) is 0 Å². The maximum absolute atomic E-state index is 5.37. The van der Waals surface area contributed by atoms with Crippen LogP contribution in [0.2, 0.25) is 3.93 Å². The van der Waals surface area contributed by atoms with Crippen LogP contribution < -0.4 is 0 Å². The Morgan fingerprint density at radius 2 is 2.00 bits per heavy atom. The van der Waals surface area contributed by atoms with Crippen molar-refractivity contribution in [1.29, 1.82) is 0 Å². The first kappa shape index (κ1) is 14.3. The normalized spacial score (nSPS) is 13.9. The molecule has 0 fully saturated rings. The fourth-order valence-electron chi connectivity index (χ4n) is 0.837. The van der Waals surface area contributed by atoms with Gasteiger partial charge in [0, 0.05) is 0 Å². The molecule has 0 amide bonds. The van der Waals surface area contributed by atoms with Crippen molar-refractivity contribution < 1.29 is 31.9 Å². The van der Waals surface area contributed by atoms with E-state index in [1.807, 2.05) is 20.8 Å². The summed E-state index contributed by atoms with van der Waals surface area (Å²) in [7, 11) is 0. The van der Waals surface area contributed by atoms with Gasteiger partial charge in [0.25, 0.3) is 0 Å². The molecule has 0 aromatic rings. The van der Waals surface area contributed by atoms with Crippen molar-refractivity contribution in [2.75, 3.05) is 0 Å². The van der Waals surface area contributed by atoms with E-state index in [0.717, 1.165) is 12.8 Å². The third-order valence-electron chi connectivity index (χ3n) is 1.55. The van der Waals surface area contributed by atoms with Crippen LogP contribution in [0.25, 0.3) is 0 Å². The van der Waals surface area contributed by atoms with Crippen LogP contribution in [-0.2, 0) is 31.9 Å². The van der Waals surface area contributed by atoms with Gasteiger partial charge < -0.3 is 0 Å². The predicted octanol–water partition coefficient (Wildman–Crippen LogP) is 3.71. The summed E-state index contributed by atoms with van der Waals surface area (Å²) in [6.45, 7) is 8.15. The summed E-state index contributed by atoms with van der Waals surface area (Å²) in [6.07, 6.45) is 2.48. The van der Waals surface area contributed by atoms with Gasteiger partial charge in [-0.3, -0.25) is 0 Å². The Bertz CT molecular complexity index is 125. The van der Waals surface area contributed by atoms with E-state index < -0.39 is 22.1 Å². The second-order valence-electron chi connectivity index (χ2n) is 4.15. The average Bonchev–Trinajstić information content (AvgIpc) is 2.03. The van der Waals surface area contributed by atoms with Crippen LogP contribution in [0.15, 0.2) is 0 Å². The molecule has 0 aromatic carbocycles. The molecule has 0 aliphatic rings. The first-order valence-corrected chi connectivity index (χ1v) is 20.7. The molecule has 0 spiro atoms. The van der Waals surface area contributed by atoms with Gasteiger partial charge >= 0.3 is 100.0 Å². The fraction of sp³-hybridized carbons (Fsp3) is 1.00. The Balaban J connectivity index is 3.59. The van der Waals surface area contributed by atoms with E-state index >= 15 is 0 Å². The van der Waals surface area contributed by atoms with E-state index in [0.29, 0.717) is 0 Å². The first-order valence-electron chi connectivity index (χ1n) is 4.90. The average molecular weight is 440 g/mol. The fourth-order valence-corrected chi connectivity index (χ4v) is 6.05. The van der Waals surface area contributed by atoms with E-state index in [1.165, 1.54) is 3.93 Å². The summed E-state index contributed by atoms with van der Waals surface area (Å²) in [5.41, 5.74) is -0.188. The molecule has 0 aromatic heterocycles. The summed E-state index contributed by atoms with van der Waals surface area (Å²) in [6, 6.07) is 0. The summed E-state index contributed by atoms with van der Waals surface area (Å²) < 4.78 is 1.35. The van der Waals surface area contributed by atoms with Crippen LogP contribution >= 0.6 is 11.9 Å². The molecule has 0 aliphatic heterocycles. The Kier molecular flexibility index (Phi) is 8.38. The molecule has 13 heavy (non-hydrogen) atoms. The number of hydrogen-bond donors (Lipinski definition) is 0. The molecule has 0 radical (unpaired) electrons. The zero-order valence-corrected chi connectivity index (χ0v) is 16.2. The molecular formula is C9H19BrHgO2. The van der Waals surface area contributed by atoms with Crippen LogP contribution in [0.5, 0.6) is 0 Å². The predicted molar refractivity (Wildman–Crippen MR) is 54.4 cm³/mol. The molecule has 0 saturated carbocycles. The van der Waals surface area contributed by atoms with Crippen molar-refractivity contribution in [3.05, 3.63) is 0 Å². The number of rotatable bonds is 6. The summed E-state index contributed by atoms with van der Waals surface area (Å²) in [4.78, 5) is 10.7. The maximum atomic E-state index is 5.37. The van der Waals surface area contributed by atoms with E-state index in [2.05, 4.69) is 18.8 Å². The standard InChI is InChI=1S/C9H19O2.BrH.Hg/c1-6-8(7-2)10-11-9(3,4)5;;/h8H,1,6-7H2,2-5H3;1H;/q;;+1/p-1. The molecule has 0 aliphatic carbocycles. The van der Waals surface area contributed by atoms with Gasteiger partial charge in [-0.1, -0.05) is 0 Å². The number of halogens is 1. The Morgan fingerprint density at radius 1 is 1.38 bits per heavy atom. The summed E-state index contributed by atoms with van der Waals surface area (Å²) >= 11 is 2.99. The molecule has 0 bridgehead atoms. The molecule has 2 nitrogen and oxygen atoms in total. The minimum absolute atomic E-state index is 0.188. The Morgan fingerprint density at radius 3 is 2.38 bits per heavy atom. The van der Waals surface area contributed by atoms with Crippen molar-refractivity contribution in [2.45, 2.75) is 56.2 Å². The summed E-state index contributed by atoms with van der Waals surface area (Å²) in [5.74, 6) is 0. The van der Waals surface area contributed by atoms with E-state index in [9.17, 15) is 0 Å². The van der Waals surface area contributed by atoms with Gasteiger partial charge in [0.05, 0.1) is 0 Å². The monoisotopic (exact) mass is 440 g/mol. The van der Waals surface area contributed by atoms with Gasteiger partial charge in [-0.05, 0) is 0 Å². The molecule has 1 unspecified atom stereocenters. The Labute approximate surface area is 99.4 Å². The van der Waals surface area contributed by atoms with Crippen LogP contribution in [0.4, 0.5) is 0 Å².